The Labute approximate surface area is 110 Å². The maximum absolute atomic E-state index is 9.75. The minimum absolute atomic E-state index is 0.253. The van der Waals surface area contributed by atoms with Crippen molar-refractivity contribution in [2.75, 3.05) is 6.61 Å². The first-order valence-corrected chi connectivity index (χ1v) is 6.61. The van der Waals surface area contributed by atoms with Crippen molar-refractivity contribution in [3.8, 4) is 0 Å². The Balaban J connectivity index is 2.05. The summed E-state index contributed by atoms with van der Waals surface area (Å²) in [6.07, 6.45) is 4.39. The molecule has 0 unspecified atom stereocenters. The summed E-state index contributed by atoms with van der Waals surface area (Å²) in [5.74, 6) is 0. The van der Waals surface area contributed by atoms with Gasteiger partial charge in [-0.3, -0.25) is 0 Å². The molecule has 0 aliphatic rings. The van der Waals surface area contributed by atoms with Crippen LogP contribution in [0.4, 0.5) is 0 Å². The number of benzene rings is 1. The minimum atomic E-state index is -0.253. The van der Waals surface area contributed by atoms with Crippen LogP contribution in [0.2, 0.25) is 0 Å². The van der Waals surface area contributed by atoms with Gasteiger partial charge in [-0.1, -0.05) is 42.0 Å². The van der Waals surface area contributed by atoms with Crippen molar-refractivity contribution in [1.82, 2.24) is 0 Å². The molecule has 18 heavy (non-hydrogen) atoms. The van der Waals surface area contributed by atoms with Gasteiger partial charge < -0.3 is 9.84 Å². The molecule has 0 heterocycles. The molecule has 0 aliphatic carbocycles. The van der Waals surface area contributed by atoms with E-state index in [1.54, 1.807) is 0 Å². The monoisotopic (exact) mass is 248 g/mol. The lowest BCUT2D eigenvalue weighted by Crippen LogP contribution is -2.10. The Morgan fingerprint density at radius 1 is 1.22 bits per heavy atom. The van der Waals surface area contributed by atoms with Crippen LogP contribution in [-0.4, -0.2) is 17.8 Å². The molecule has 100 valence electrons. The van der Waals surface area contributed by atoms with Crippen LogP contribution in [0, 0.1) is 0 Å². The summed E-state index contributed by atoms with van der Waals surface area (Å²) in [6.45, 7) is 5.40. The summed E-state index contributed by atoms with van der Waals surface area (Å²) in [5.41, 5.74) is 2.49. The molecule has 0 aliphatic heterocycles. The van der Waals surface area contributed by atoms with Gasteiger partial charge in [-0.05, 0) is 38.7 Å². The Hall–Kier alpha value is -1.12. The highest BCUT2D eigenvalue weighted by Crippen LogP contribution is 2.06. The van der Waals surface area contributed by atoms with E-state index < -0.39 is 0 Å². The Morgan fingerprint density at radius 3 is 2.61 bits per heavy atom. The lowest BCUT2D eigenvalue weighted by molar-refractivity contribution is 0.0705. The van der Waals surface area contributed by atoms with Crippen molar-refractivity contribution >= 4 is 0 Å². The minimum Gasteiger partial charge on any atom is -0.393 e. The predicted molar refractivity (Wildman–Crippen MR) is 75.4 cm³/mol. The van der Waals surface area contributed by atoms with Gasteiger partial charge in [0.1, 0.15) is 0 Å². The summed E-state index contributed by atoms with van der Waals surface area (Å²) in [6, 6.07) is 10.1. The Kier molecular flexibility index (Phi) is 7.38. The van der Waals surface area contributed by atoms with Gasteiger partial charge in [-0.25, -0.2) is 0 Å². The van der Waals surface area contributed by atoms with E-state index in [0.717, 1.165) is 12.8 Å². The molecular formula is C16H24O2. The lowest BCUT2D eigenvalue weighted by atomic mass is 10.1. The maximum atomic E-state index is 9.75. The normalized spacial score (nSPS) is 12.2. The highest BCUT2D eigenvalue weighted by molar-refractivity contribution is 5.13. The first-order chi connectivity index (χ1) is 8.68. The molecule has 0 bridgehead atoms. The second kappa shape index (κ2) is 8.90. The molecule has 1 atom stereocenters. The van der Waals surface area contributed by atoms with E-state index in [2.05, 4.69) is 19.9 Å². The smallest absolute Gasteiger partial charge is 0.0716 e. The zero-order chi connectivity index (χ0) is 13.2. The van der Waals surface area contributed by atoms with Crippen molar-refractivity contribution in [3.05, 3.63) is 47.5 Å². The molecule has 2 nitrogen and oxygen atoms in total. The van der Waals surface area contributed by atoms with Gasteiger partial charge in [0, 0.05) is 6.61 Å². The van der Waals surface area contributed by atoms with Crippen LogP contribution in [0.25, 0.3) is 0 Å². The molecule has 0 amide bonds. The molecule has 0 saturated heterocycles. The molecule has 1 aromatic rings. The van der Waals surface area contributed by atoms with E-state index in [-0.39, 0.29) is 6.10 Å². The second-order valence-electron chi connectivity index (χ2n) is 4.84. The van der Waals surface area contributed by atoms with Gasteiger partial charge in [0.25, 0.3) is 0 Å². The SMILES string of the molecule is CC(C)=CCC[C@@H](O)CCOCc1ccccc1. The summed E-state index contributed by atoms with van der Waals surface area (Å²) in [4.78, 5) is 0. The van der Waals surface area contributed by atoms with E-state index in [4.69, 9.17) is 4.74 Å². The van der Waals surface area contributed by atoms with Crippen LogP contribution in [0.3, 0.4) is 0 Å². The van der Waals surface area contributed by atoms with Gasteiger partial charge in [0.2, 0.25) is 0 Å². The van der Waals surface area contributed by atoms with E-state index in [1.807, 2.05) is 30.3 Å². The zero-order valence-electron chi connectivity index (χ0n) is 11.4. The predicted octanol–water partition coefficient (Wildman–Crippen LogP) is 3.70. The van der Waals surface area contributed by atoms with Crippen LogP contribution >= 0.6 is 0 Å². The summed E-state index contributed by atoms with van der Waals surface area (Å²) in [5, 5.41) is 9.75. The van der Waals surface area contributed by atoms with Gasteiger partial charge in [0.15, 0.2) is 0 Å². The van der Waals surface area contributed by atoms with Gasteiger partial charge in [-0.15, -0.1) is 0 Å². The van der Waals surface area contributed by atoms with Gasteiger partial charge in [0.05, 0.1) is 12.7 Å². The molecular weight excluding hydrogens is 224 g/mol. The molecule has 0 radical (unpaired) electrons. The molecule has 0 saturated carbocycles. The van der Waals surface area contributed by atoms with Gasteiger partial charge in [-0.2, -0.15) is 0 Å². The molecule has 1 rings (SSSR count). The summed E-state index contributed by atoms with van der Waals surface area (Å²) < 4.78 is 5.54. The maximum Gasteiger partial charge on any atom is 0.0716 e. The summed E-state index contributed by atoms with van der Waals surface area (Å²) in [7, 11) is 0. The van der Waals surface area contributed by atoms with Crippen molar-refractivity contribution in [2.45, 2.75) is 45.8 Å². The molecule has 1 aromatic carbocycles. The second-order valence-corrected chi connectivity index (χ2v) is 4.84. The van der Waals surface area contributed by atoms with Crippen LogP contribution < -0.4 is 0 Å². The zero-order valence-corrected chi connectivity index (χ0v) is 11.4. The largest absolute Gasteiger partial charge is 0.393 e. The van der Waals surface area contributed by atoms with Crippen LogP contribution in [0.5, 0.6) is 0 Å². The van der Waals surface area contributed by atoms with Crippen LogP contribution in [0.1, 0.15) is 38.7 Å². The first kappa shape index (κ1) is 14.9. The number of hydrogen-bond acceptors (Lipinski definition) is 2. The first-order valence-electron chi connectivity index (χ1n) is 6.61. The van der Waals surface area contributed by atoms with E-state index in [1.165, 1.54) is 11.1 Å². The van der Waals surface area contributed by atoms with E-state index >= 15 is 0 Å². The third-order valence-corrected chi connectivity index (χ3v) is 2.76. The highest BCUT2D eigenvalue weighted by Gasteiger charge is 2.02. The third-order valence-electron chi connectivity index (χ3n) is 2.76. The number of aliphatic hydroxyl groups is 1. The molecule has 0 spiro atoms. The average Bonchev–Trinajstić information content (AvgIpc) is 2.35. The molecule has 1 N–H and O–H groups in total. The number of aliphatic hydroxyl groups excluding tert-OH is 1. The molecule has 0 aromatic heterocycles. The van der Waals surface area contributed by atoms with Crippen LogP contribution in [-0.2, 0) is 11.3 Å². The molecule has 0 fully saturated rings. The third kappa shape index (κ3) is 7.25. The fourth-order valence-electron chi connectivity index (χ4n) is 1.69. The highest BCUT2D eigenvalue weighted by atomic mass is 16.5. The van der Waals surface area contributed by atoms with Crippen molar-refractivity contribution < 1.29 is 9.84 Å². The number of hydrogen-bond donors (Lipinski definition) is 1. The lowest BCUT2D eigenvalue weighted by Gasteiger charge is -2.10. The van der Waals surface area contributed by atoms with Gasteiger partial charge >= 0.3 is 0 Å². The number of ether oxygens (including phenoxy) is 1. The number of allylic oxidation sites excluding steroid dienone is 2. The average molecular weight is 248 g/mol. The fourth-order valence-corrected chi connectivity index (χ4v) is 1.69. The quantitative estimate of drug-likeness (QED) is 0.561. The number of rotatable bonds is 8. The van der Waals surface area contributed by atoms with Crippen molar-refractivity contribution in [3.63, 3.8) is 0 Å². The van der Waals surface area contributed by atoms with Crippen molar-refractivity contribution in [2.24, 2.45) is 0 Å². The van der Waals surface area contributed by atoms with Crippen molar-refractivity contribution in [1.29, 1.82) is 0 Å². The Morgan fingerprint density at radius 2 is 1.94 bits per heavy atom. The standard InChI is InChI=1S/C16H24O2/c1-14(2)7-6-10-16(17)11-12-18-13-15-8-4-3-5-9-15/h3-5,7-9,16-17H,6,10-13H2,1-2H3/t16-/m1/s1. The Bertz CT molecular complexity index is 339. The topological polar surface area (TPSA) is 29.5 Å². The fraction of sp³-hybridized carbons (Fsp3) is 0.500. The van der Waals surface area contributed by atoms with E-state index in [9.17, 15) is 5.11 Å². The summed E-state index contributed by atoms with van der Waals surface area (Å²) >= 11 is 0. The van der Waals surface area contributed by atoms with Crippen LogP contribution in [0.15, 0.2) is 42.0 Å². The van der Waals surface area contributed by atoms with E-state index in [0.29, 0.717) is 19.6 Å². The molecule has 2 heteroatoms.